The average molecular weight is 327 g/mol. The van der Waals surface area contributed by atoms with Gasteiger partial charge in [0, 0.05) is 10.7 Å². The predicted molar refractivity (Wildman–Crippen MR) is 89.8 cm³/mol. The topological polar surface area (TPSA) is 35.5 Å². The first-order valence-electron chi connectivity index (χ1n) is 8.81. The molecule has 3 nitrogen and oxygen atoms in total. The fourth-order valence-corrected chi connectivity index (χ4v) is 7.00. The summed E-state index contributed by atoms with van der Waals surface area (Å²) in [7, 11) is 1.49. The van der Waals surface area contributed by atoms with E-state index in [0.29, 0.717) is 24.4 Å². The molecular formula is C18H30O3S. The van der Waals surface area contributed by atoms with Gasteiger partial charge in [0.15, 0.2) is 0 Å². The van der Waals surface area contributed by atoms with Gasteiger partial charge >= 0.3 is 5.97 Å². The summed E-state index contributed by atoms with van der Waals surface area (Å²) < 4.78 is 11.9. The van der Waals surface area contributed by atoms with E-state index < -0.39 is 0 Å². The summed E-state index contributed by atoms with van der Waals surface area (Å²) in [6.07, 6.45) is 8.01. The number of ether oxygens (including phenoxy) is 2. The smallest absolute Gasteiger partial charge is 0.305 e. The number of thioether (sulfide) groups is 1. The Hall–Kier alpha value is -0.220. The minimum absolute atomic E-state index is 0.0904. The van der Waals surface area contributed by atoms with Crippen LogP contribution in [0.1, 0.15) is 65.7 Å². The van der Waals surface area contributed by atoms with Crippen molar-refractivity contribution in [3.8, 4) is 0 Å². The Morgan fingerprint density at radius 1 is 1.32 bits per heavy atom. The van der Waals surface area contributed by atoms with Crippen LogP contribution in [0.2, 0.25) is 0 Å². The molecule has 1 spiro atoms. The van der Waals surface area contributed by atoms with Gasteiger partial charge in [-0.3, -0.25) is 4.79 Å². The first kappa shape index (κ1) is 16.6. The van der Waals surface area contributed by atoms with Gasteiger partial charge in [-0.15, -0.1) is 11.8 Å². The van der Waals surface area contributed by atoms with Crippen LogP contribution in [0, 0.1) is 17.8 Å². The Morgan fingerprint density at radius 2 is 2.09 bits per heavy atom. The van der Waals surface area contributed by atoms with E-state index in [2.05, 4.69) is 20.8 Å². The van der Waals surface area contributed by atoms with Gasteiger partial charge in [-0.05, 0) is 43.9 Å². The first-order chi connectivity index (χ1) is 10.4. The maximum Gasteiger partial charge on any atom is 0.305 e. The zero-order valence-corrected chi connectivity index (χ0v) is 15.2. The van der Waals surface area contributed by atoms with Crippen molar-refractivity contribution in [2.24, 2.45) is 17.8 Å². The molecule has 0 amide bonds. The van der Waals surface area contributed by atoms with Crippen LogP contribution in [-0.4, -0.2) is 28.9 Å². The maximum atomic E-state index is 11.8. The Labute approximate surface area is 138 Å². The van der Waals surface area contributed by atoms with Gasteiger partial charge in [0.2, 0.25) is 0 Å². The largest absolute Gasteiger partial charge is 0.469 e. The minimum atomic E-state index is -0.157. The molecule has 5 atom stereocenters. The van der Waals surface area contributed by atoms with Gasteiger partial charge < -0.3 is 9.47 Å². The highest BCUT2D eigenvalue weighted by Crippen LogP contribution is 2.61. The maximum absolute atomic E-state index is 11.8. The molecule has 4 heteroatoms. The van der Waals surface area contributed by atoms with Crippen molar-refractivity contribution >= 4 is 17.7 Å². The highest BCUT2D eigenvalue weighted by molar-refractivity contribution is 8.01. The predicted octanol–water partition coefficient (Wildman–Crippen LogP) is 4.39. The molecule has 0 radical (unpaired) electrons. The zero-order valence-electron chi connectivity index (χ0n) is 14.4. The van der Waals surface area contributed by atoms with Crippen molar-refractivity contribution in [3.63, 3.8) is 0 Å². The van der Waals surface area contributed by atoms with Gasteiger partial charge in [-0.2, -0.15) is 0 Å². The number of methoxy groups -OCH3 is 1. The van der Waals surface area contributed by atoms with E-state index in [9.17, 15) is 4.79 Å². The summed E-state index contributed by atoms with van der Waals surface area (Å²) in [6, 6.07) is 0. The molecule has 3 aliphatic rings. The van der Waals surface area contributed by atoms with E-state index in [1.54, 1.807) is 0 Å². The molecule has 126 valence electrons. The van der Waals surface area contributed by atoms with Crippen LogP contribution in [0.25, 0.3) is 0 Å². The van der Waals surface area contributed by atoms with Crippen LogP contribution in [-0.2, 0) is 14.3 Å². The minimum Gasteiger partial charge on any atom is -0.469 e. The van der Waals surface area contributed by atoms with Gasteiger partial charge in [0.1, 0.15) is 4.93 Å². The van der Waals surface area contributed by atoms with E-state index in [4.69, 9.17) is 9.47 Å². The lowest BCUT2D eigenvalue weighted by molar-refractivity contribution is -0.148. The SMILES string of the molecule is COC(=O)C[C@H]1CCC[C@@]12O[C@H]1C[C@H](C)CC[C@H]1C(C)(C)S2. The van der Waals surface area contributed by atoms with Gasteiger partial charge in [0.05, 0.1) is 19.6 Å². The number of hydrogen-bond donors (Lipinski definition) is 0. The molecule has 0 aromatic rings. The van der Waals surface area contributed by atoms with Gasteiger partial charge in [0.25, 0.3) is 0 Å². The summed E-state index contributed by atoms with van der Waals surface area (Å²) in [4.78, 5) is 11.6. The van der Waals surface area contributed by atoms with Crippen molar-refractivity contribution in [1.29, 1.82) is 0 Å². The molecule has 0 aromatic heterocycles. The Balaban J connectivity index is 1.82. The normalized spacial score (nSPS) is 43.8. The molecule has 0 unspecified atom stereocenters. The molecule has 2 saturated carbocycles. The summed E-state index contributed by atoms with van der Waals surface area (Å²) in [6.45, 7) is 7.13. The second-order valence-electron chi connectivity index (χ2n) is 8.07. The number of rotatable bonds is 2. The number of hydrogen-bond acceptors (Lipinski definition) is 4. The molecular weight excluding hydrogens is 296 g/mol. The summed E-state index contributed by atoms with van der Waals surface area (Å²) in [5.41, 5.74) is 0. The summed E-state index contributed by atoms with van der Waals surface area (Å²) in [5, 5.41) is 0. The molecule has 0 aromatic carbocycles. The van der Waals surface area contributed by atoms with Crippen molar-refractivity contribution < 1.29 is 14.3 Å². The van der Waals surface area contributed by atoms with E-state index >= 15 is 0 Å². The summed E-state index contributed by atoms with van der Waals surface area (Å²) >= 11 is 2.02. The second kappa shape index (κ2) is 6.01. The molecule has 2 aliphatic carbocycles. The monoisotopic (exact) mass is 326 g/mol. The van der Waals surface area contributed by atoms with E-state index in [1.165, 1.54) is 26.4 Å². The lowest BCUT2D eigenvalue weighted by Gasteiger charge is -2.55. The lowest BCUT2D eigenvalue weighted by atomic mass is 9.74. The van der Waals surface area contributed by atoms with Crippen LogP contribution in [0.5, 0.6) is 0 Å². The molecule has 3 fully saturated rings. The highest BCUT2D eigenvalue weighted by Gasteiger charge is 2.57. The molecule has 22 heavy (non-hydrogen) atoms. The molecule has 3 rings (SSSR count). The Morgan fingerprint density at radius 3 is 2.82 bits per heavy atom. The van der Waals surface area contributed by atoms with Crippen LogP contribution in [0.4, 0.5) is 0 Å². The highest BCUT2D eigenvalue weighted by atomic mass is 32.2. The molecule has 0 N–H and O–H groups in total. The van der Waals surface area contributed by atoms with E-state index in [0.717, 1.165) is 25.2 Å². The quantitative estimate of drug-likeness (QED) is 0.705. The van der Waals surface area contributed by atoms with Crippen LogP contribution in [0.3, 0.4) is 0 Å². The fraction of sp³-hybridized carbons (Fsp3) is 0.944. The van der Waals surface area contributed by atoms with Crippen molar-refractivity contribution in [3.05, 3.63) is 0 Å². The molecule has 1 saturated heterocycles. The van der Waals surface area contributed by atoms with Crippen molar-refractivity contribution in [1.82, 2.24) is 0 Å². The molecule has 1 aliphatic heterocycles. The number of fused-ring (bicyclic) bond motifs is 1. The van der Waals surface area contributed by atoms with Crippen LogP contribution >= 0.6 is 11.8 Å². The Kier molecular flexibility index (Phi) is 4.54. The number of carbonyl (C=O) groups excluding carboxylic acids is 1. The van der Waals surface area contributed by atoms with E-state index in [1.807, 2.05) is 11.8 Å². The fourth-order valence-electron chi connectivity index (χ4n) is 4.91. The third-order valence-corrected chi connectivity index (χ3v) is 7.88. The van der Waals surface area contributed by atoms with Crippen LogP contribution < -0.4 is 0 Å². The molecule has 1 heterocycles. The third kappa shape index (κ3) is 2.93. The third-order valence-electron chi connectivity index (χ3n) is 6.07. The average Bonchev–Trinajstić information content (AvgIpc) is 2.79. The van der Waals surface area contributed by atoms with Gasteiger partial charge in [-0.1, -0.05) is 27.2 Å². The van der Waals surface area contributed by atoms with Crippen molar-refractivity contribution in [2.45, 2.75) is 81.5 Å². The van der Waals surface area contributed by atoms with Crippen LogP contribution in [0.15, 0.2) is 0 Å². The zero-order chi connectivity index (χ0) is 16.0. The standard InChI is InChI=1S/C18H30O3S/c1-12-7-8-14-15(10-12)21-18(22-17(14,2)3)9-5-6-13(18)11-16(19)20-4/h12-15H,5-11H2,1-4H3/t12-,13-,14-,15+,18+/m1/s1. The van der Waals surface area contributed by atoms with E-state index in [-0.39, 0.29) is 15.6 Å². The van der Waals surface area contributed by atoms with Gasteiger partial charge in [-0.25, -0.2) is 0 Å². The summed E-state index contributed by atoms with van der Waals surface area (Å²) in [5.74, 6) is 1.63. The molecule has 0 bridgehead atoms. The number of esters is 1. The van der Waals surface area contributed by atoms with Crippen molar-refractivity contribution in [2.75, 3.05) is 7.11 Å². The number of carbonyl (C=O) groups is 1. The first-order valence-corrected chi connectivity index (χ1v) is 9.63. The Bertz CT molecular complexity index is 436. The second-order valence-corrected chi connectivity index (χ2v) is 10.0. The lowest BCUT2D eigenvalue weighted by Crippen LogP contribution is -2.55.